The van der Waals surface area contributed by atoms with Crippen LogP contribution >= 0.6 is 0 Å². The van der Waals surface area contributed by atoms with Gasteiger partial charge in [0.1, 0.15) is 11.5 Å². The van der Waals surface area contributed by atoms with Crippen LogP contribution in [0.25, 0.3) is 0 Å². The van der Waals surface area contributed by atoms with Gasteiger partial charge in [0.05, 0.1) is 17.7 Å². The maximum Gasteiger partial charge on any atom is 0.338 e. The fraction of sp³-hybridized carbons (Fsp3) is 0.364. The van der Waals surface area contributed by atoms with Crippen LogP contribution in [0, 0.1) is 0 Å². The third-order valence-corrected chi connectivity index (χ3v) is 4.83. The fourth-order valence-corrected chi connectivity index (χ4v) is 3.44. The smallest absolute Gasteiger partial charge is 0.338 e. The summed E-state index contributed by atoms with van der Waals surface area (Å²) in [4.78, 5) is 23.2. The summed E-state index contributed by atoms with van der Waals surface area (Å²) < 4.78 is 10.8. The van der Waals surface area contributed by atoms with E-state index in [-0.39, 0.29) is 5.97 Å². The van der Waals surface area contributed by atoms with E-state index in [4.69, 9.17) is 9.47 Å². The van der Waals surface area contributed by atoms with Gasteiger partial charge in [-0.05, 0) is 67.6 Å². The third-order valence-electron chi connectivity index (χ3n) is 4.83. The van der Waals surface area contributed by atoms with E-state index in [1.165, 1.54) is 37.7 Å². The highest BCUT2D eigenvalue weighted by atomic mass is 16.5. The van der Waals surface area contributed by atoms with Crippen molar-refractivity contribution in [2.24, 2.45) is 0 Å². The second-order valence-electron chi connectivity index (χ2n) is 6.60. The molecule has 0 radical (unpaired) electrons. The molecule has 0 spiro atoms. The molecule has 0 aliphatic heterocycles. The molecule has 1 aliphatic carbocycles. The van der Waals surface area contributed by atoms with Crippen LogP contribution in [0.3, 0.4) is 0 Å². The lowest BCUT2D eigenvalue weighted by atomic mass is 9.83. The molecule has 4 nitrogen and oxygen atoms in total. The van der Waals surface area contributed by atoms with Gasteiger partial charge in [0.25, 0.3) is 0 Å². The first-order valence-corrected chi connectivity index (χ1v) is 9.25. The summed E-state index contributed by atoms with van der Waals surface area (Å²) in [5, 5.41) is 0. The SMILES string of the molecule is CCOC(=O)c1ccc(Oc2ccc(C3CCCCC3)cc2C=O)cc1. The Bertz CT molecular complexity index is 758. The molecule has 136 valence electrons. The van der Waals surface area contributed by atoms with Gasteiger partial charge < -0.3 is 9.47 Å². The summed E-state index contributed by atoms with van der Waals surface area (Å²) in [6.45, 7) is 2.11. The fourth-order valence-electron chi connectivity index (χ4n) is 3.44. The highest BCUT2D eigenvalue weighted by Crippen LogP contribution is 2.35. The van der Waals surface area contributed by atoms with Crippen molar-refractivity contribution in [3.8, 4) is 11.5 Å². The zero-order valence-electron chi connectivity index (χ0n) is 15.1. The van der Waals surface area contributed by atoms with E-state index in [2.05, 4.69) is 6.07 Å². The van der Waals surface area contributed by atoms with Gasteiger partial charge in [0.2, 0.25) is 0 Å². The average molecular weight is 352 g/mol. The quantitative estimate of drug-likeness (QED) is 0.508. The predicted molar refractivity (Wildman–Crippen MR) is 100 cm³/mol. The minimum Gasteiger partial charge on any atom is -0.462 e. The number of hydrogen-bond acceptors (Lipinski definition) is 4. The summed E-state index contributed by atoms with van der Waals surface area (Å²) in [6.07, 6.45) is 7.04. The molecule has 1 aliphatic rings. The van der Waals surface area contributed by atoms with Crippen LogP contribution in [-0.2, 0) is 4.74 Å². The lowest BCUT2D eigenvalue weighted by Crippen LogP contribution is -2.05. The summed E-state index contributed by atoms with van der Waals surface area (Å²) in [5.74, 6) is 1.29. The van der Waals surface area contributed by atoms with E-state index < -0.39 is 0 Å². The zero-order chi connectivity index (χ0) is 18.4. The number of rotatable bonds is 6. The Morgan fingerprint density at radius 3 is 2.46 bits per heavy atom. The molecule has 0 bridgehead atoms. The molecule has 4 heteroatoms. The van der Waals surface area contributed by atoms with Crippen molar-refractivity contribution in [1.29, 1.82) is 0 Å². The van der Waals surface area contributed by atoms with Gasteiger partial charge in [-0.1, -0.05) is 25.3 Å². The molecular weight excluding hydrogens is 328 g/mol. The Balaban J connectivity index is 1.74. The molecule has 0 atom stereocenters. The Hall–Kier alpha value is -2.62. The van der Waals surface area contributed by atoms with Crippen molar-refractivity contribution < 1.29 is 19.1 Å². The van der Waals surface area contributed by atoms with Crippen LogP contribution in [-0.4, -0.2) is 18.9 Å². The first kappa shape index (κ1) is 18.2. The molecule has 0 saturated heterocycles. The molecule has 0 N–H and O–H groups in total. The summed E-state index contributed by atoms with van der Waals surface area (Å²) in [6, 6.07) is 12.6. The third kappa shape index (κ3) is 4.31. The van der Waals surface area contributed by atoms with E-state index in [1.54, 1.807) is 31.2 Å². The lowest BCUT2D eigenvalue weighted by Gasteiger charge is -2.22. The number of hydrogen-bond donors (Lipinski definition) is 0. The van der Waals surface area contributed by atoms with Crippen LogP contribution in [0.1, 0.15) is 71.2 Å². The first-order chi connectivity index (χ1) is 12.7. The van der Waals surface area contributed by atoms with Gasteiger partial charge in [0.15, 0.2) is 6.29 Å². The molecule has 0 heterocycles. The Morgan fingerprint density at radius 2 is 1.81 bits per heavy atom. The van der Waals surface area contributed by atoms with Gasteiger partial charge in [0, 0.05) is 0 Å². The van der Waals surface area contributed by atoms with E-state index in [0.717, 1.165) is 6.29 Å². The molecular formula is C22H24O4. The normalized spacial score (nSPS) is 14.7. The van der Waals surface area contributed by atoms with Crippen molar-refractivity contribution in [2.75, 3.05) is 6.61 Å². The Morgan fingerprint density at radius 1 is 1.08 bits per heavy atom. The summed E-state index contributed by atoms with van der Waals surface area (Å²) in [5.41, 5.74) is 2.25. The second kappa shape index (κ2) is 8.65. The van der Waals surface area contributed by atoms with E-state index in [1.807, 2.05) is 12.1 Å². The molecule has 0 unspecified atom stereocenters. The van der Waals surface area contributed by atoms with Gasteiger partial charge in [-0.3, -0.25) is 4.79 Å². The lowest BCUT2D eigenvalue weighted by molar-refractivity contribution is 0.0526. The molecule has 2 aromatic rings. The summed E-state index contributed by atoms with van der Waals surface area (Å²) in [7, 11) is 0. The number of carbonyl (C=O) groups excluding carboxylic acids is 2. The van der Waals surface area contributed by atoms with Crippen molar-refractivity contribution in [3.63, 3.8) is 0 Å². The van der Waals surface area contributed by atoms with Crippen LogP contribution in [0.15, 0.2) is 42.5 Å². The molecule has 1 saturated carbocycles. The molecule has 1 fully saturated rings. The van der Waals surface area contributed by atoms with Crippen molar-refractivity contribution in [2.45, 2.75) is 44.9 Å². The van der Waals surface area contributed by atoms with Crippen LogP contribution in [0.2, 0.25) is 0 Å². The monoisotopic (exact) mass is 352 g/mol. The Kier molecular flexibility index (Phi) is 6.05. The van der Waals surface area contributed by atoms with Gasteiger partial charge in [-0.25, -0.2) is 4.79 Å². The topological polar surface area (TPSA) is 52.6 Å². The van der Waals surface area contributed by atoms with Gasteiger partial charge >= 0.3 is 5.97 Å². The number of benzene rings is 2. The first-order valence-electron chi connectivity index (χ1n) is 9.25. The molecule has 0 aromatic heterocycles. The van der Waals surface area contributed by atoms with Crippen molar-refractivity contribution in [3.05, 3.63) is 59.2 Å². The molecule has 26 heavy (non-hydrogen) atoms. The van der Waals surface area contributed by atoms with Crippen molar-refractivity contribution >= 4 is 12.3 Å². The highest BCUT2D eigenvalue weighted by molar-refractivity contribution is 5.89. The number of aldehydes is 1. The van der Waals surface area contributed by atoms with Crippen LogP contribution < -0.4 is 4.74 Å². The van der Waals surface area contributed by atoms with Crippen LogP contribution in [0.5, 0.6) is 11.5 Å². The molecule has 0 amide bonds. The van der Waals surface area contributed by atoms with E-state index >= 15 is 0 Å². The Labute approximate surface area is 154 Å². The maximum atomic E-state index is 11.7. The largest absolute Gasteiger partial charge is 0.462 e. The highest BCUT2D eigenvalue weighted by Gasteiger charge is 2.17. The number of ether oxygens (including phenoxy) is 2. The second-order valence-corrected chi connectivity index (χ2v) is 6.60. The predicted octanol–water partition coefficient (Wildman–Crippen LogP) is 5.52. The number of esters is 1. The van der Waals surface area contributed by atoms with Gasteiger partial charge in [-0.15, -0.1) is 0 Å². The maximum absolute atomic E-state index is 11.7. The van der Waals surface area contributed by atoms with Crippen molar-refractivity contribution in [1.82, 2.24) is 0 Å². The minimum absolute atomic E-state index is 0.340. The van der Waals surface area contributed by atoms with E-state index in [9.17, 15) is 9.59 Å². The standard InChI is InChI=1S/C22H24O4/c1-2-25-22(24)17-8-11-20(12-9-17)26-21-13-10-18(14-19(21)15-23)16-6-4-3-5-7-16/h8-16H,2-7H2,1H3. The van der Waals surface area contributed by atoms with Gasteiger partial charge in [-0.2, -0.15) is 0 Å². The molecule has 3 rings (SSSR count). The van der Waals surface area contributed by atoms with E-state index in [0.29, 0.717) is 35.2 Å². The molecule has 2 aromatic carbocycles. The minimum atomic E-state index is -0.357. The van der Waals surface area contributed by atoms with Crippen LogP contribution in [0.4, 0.5) is 0 Å². The zero-order valence-corrected chi connectivity index (χ0v) is 15.1. The summed E-state index contributed by atoms with van der Waals surface area (Å²) >= 11 is 0. The average Bonchev–Trinajstić information content (AvgIpc) is 2.69. The number of carbonyl (C=O) groups is 2.